The van der Waals surface area contributed by atoms with Crippen LogP contribution in [0.2, 0.25) is 0 Å². The molecule has 1 aliphatic rings. The summed E-state index contributed by atoms with van der Waals surface area (Å²) < 4.78 is 5.49. The molecule has 1 saturated heterocycles. The van der Waals surface area contributed by atoms with Crippen LogP contribution in [0.1, 0.15) is 39.0 Å². The van der Waals surface area contributed by atoms with Gasteiger partial charge in [0, 0.05) is 19.6 Å². The van der Waals surface area contributed by atoms with Crippen molar-refractivity contribution in [3.05, 3.63) is 0 Å². The molecule has 3 heteroatoms. The first-order valence-electron chi connectivity index (χ1n) is 6.12. The Morgan fingerprint density at radius 3 is 3.06 bits per heavy atom. The molecule has 1 aliphatic heterocycles. The Kier molecular flexibility index (Phi) is 5.95. The minimum atomic E-state index is 0.0534. The van der Waals surface area contributed by atoms with E-state index < -0.39 is 0 Å². The predicted octanol–water partition coefficient (Wildman–Crippen LogP) is 1.72. The molecule has 1 rings (SSSR count). The molecule has 90 valence electrons. The third kappa shape index (κ3) is 3.86. The summed E-state index contributed by atoms with van der Waals surface area (Å²) in [4.78, 5) is 11.8. The van der Waals surface area contributed by atoms with Crippen LogP contribution in [0.15, 0.2) is 0 Å². The van der Waals surface area contributed by atoms with Crippen LogP contribution >= 0.6 is 0 Å². The van der Waals surface area contributed by atoms with E-state index in [4.69, 9.17) is 11.2 Å². The maximum Gasteiger partial charge on any atom is 0.225 e. The van der Waals surface area contributed by atoms with Crippen molar-refractivity contribution >= 4 is 5.91 Å². The van der Waals surface area contributed by atoms with E-state index in [1.807, 2.05) is 0 Å². The minimum Gasteiger partial charge on any atom is -0.377 e. The summed E-state index contributed by atoms with van der Waals surface area (Å²) >= 11 is 0. The van der Waals surface area contributed by atoms with Crippen molar-refractivity contribution in [2.24, 2.45) is 5.92 Å². The smallest absolute Gasteiger partial charge is 0.225 e. The van der Waals surface area contributed by atoms with Gasteiger partial charge in [0.05, 0.1) is 12.0 Å². The van der Waals surface area contributed by atoms with Crippen molar-refractivity contribution in [2.75, 3.05) is 13.2 Å². The van der Waals surface area contributed by atoms with Crippen LogP contribution < -0.4 is 5.32 Å². The minimum absolute atomic E-state index is 0.0534. The fraction of sp³-hybridized carbons (Fsp3) is 0.769. The molecule has 0 aromatic carbocycles. The Balaban J connectivity index is 2.17. The second-order valence-corrected chi connectivity index (χ2v) is 4.16. The van der Waals surface area contributed by atoms with Crippen molar-refractivity contribution in [1.29, 1.82) is 0 Å². The number of hydrogen-bond acceptors (Lipinski definition) is 2. The lowest BCUT2D eigenvalue weighted by molar-refractivity contribution is -0.126. The van der Waals surface area contributed by atoms with Crippen LogP contribution in [0.25, 0.3) is 0 Å². The number of ether oxygens (including phenoxy) is 1. The van der Waals surface area contributed by atoms with Gasteiger partial charge in [-0.2, -0.15) is 0 Å². The first-order chi connectivity index (χ1) is 7.79. The van der Waals surface area contributed by atoms with E-state index >= 15 is 0 Å². The molecule has 0 aromatic rings. The number of carbonyl (C=O) groups excluding carboxylic acids is 1. The zero-order valence-corrected chi connectivity index (χ0v) is 10.00. The maximum atomic E-state index is 11.8. The van der Waals surface area contributed by atoms with Gasteiger partial charge in [-0.15, -0.1) is 12.3 Å². The Morgan fingerprint density at radius 1 is 1.56 bits per heavy atom. The summed E-state index contributed by atoms with van der Waals surface area (Å²) in [7, 11) is 0. The number of carbonyl (C=O) groups is 1. The average Bonchev–Trinajstić information content (AvgIpc) is 2.76. The highest BCUT2D eigenvalue weighted by molar-refractivity contribution is 5.79. The van der Waals surface area contributed by atoms with Crippen molar-refractivity contribution in [3.8, 4) is 12.3 Å². The number of terminal acetylenes is 1. The Hall–Kier alpha value is -1.01. The Morgan fingerprint density at radius 2 is 2.38 bits per heavy atom. The third-order valence-corrected chi connectivity index (χ3v) is 3.00. The lowest BCUT2D eigenvalue weighted by Gasteiger charge is -2.16. The quantitative estimate of drug-likeness (QED) is 0.550. The average molecular weight is 223 g/mol. The van der Waals surface area contributed by atoms with Crippen LogP contribution in [-0.2, 0) is 9.53 Å². The number of amides is 1. The first-order valence-corrected chi connectivity index (χ1v) is 6.12. The molecule has 2 unspecified atom stereocenters. The van der Waals surface area contributed by atoms with E-state index in [-0.39, 0.29) is 17.9 Å². The van der Waals surface area contributed by atoms with E-state index in [1.54, 1.807) is 0 Å². The fourth-order valence-electron chi connectivity index (χ4n) is 2.05. The summed E-state index contributed by atoms with van der Waals surface area (Å²) in [6, 6.07) is 0. The van der Waals surface area contributed by atoms with Crippen LogP contribution in [-0.4, -0.2) is 25.2 Å². The van der Waals surface area contributed by atoms with Crippen LogP contribution in [0.4, 0.5) is 0 Å². The van der Waals surface area contributed by atoms with Gasteiger partial charge in [0.25, 0.3) is 0 Å². The molecule has 0 radical (unpaired) electrons. The first kappa shape index (κ1) is 13.1. The Bertz CT molecular complexity index is 257. The highest BCUT2D eigenvalue weighted by atomic mass is 16.5. The molecule has 1 N–H and O–H groups in total. The molecular weight excluding hydrogens is 202 g/mol. The van der Waals surface area contributed by atoms with Crippen molar-refractivity contribution in [1.82, 2.24) is 5.32 Å². The SMILES string of the molecule is C#CCCCCNC(=O)C1CCOC1CC. The van der Waals surface area contributed by atoms with Crippen LogP contribution in [0.5, 0.6) is 0 Å². The highest BCUT2D eigenvalue weighted by Gasteiger charge is 2.32. The normalized spacial score (nSPS) is 24.0. The molecule has 16 heavy (non-hydrogen) atoms. The molecular formula is C13H21NO2. The van der Waals surface area contributed by atoms with Gasteiger partial charge in [-0.25, -0.2) is 0 Å². The summed E-state index contributed by atoms with van der Waals surface area (Å²) in [5, 5.41) is 2.96. The molecule has 0 spiro atoms. The fourth-order valence-corrected chi connectivity index (χ4v) is 2.05. The number of unbranched alkanes of at least 4 members (excludes halogenated alkanes) is 2. The predicted molar refractivity (Wildman–Crippen MR) is 63.8 cm³/mol. The van der Waals surface area contributed by atoms with E-state index in [2.05, 4.69) is 18.2 Å². The van der Waals surface area contributed by atoms with Gasteiger partial charge in [0.1, 0.15) is 0 Å². The van der Waals surface area contributed by atoms with Gasteiger partial charge in [0.15, 0.2) is 0 Å². The summed E-state index contributed by atoms with van der Waals surface area (Å²) in [5.74, 6) is 2.79. The second kappa shape index (κ2) is 7.29. The third-order valence-electron chi connectivity index (χ3n) is 3.00. The lowest BCUT2D eigenvalue weighted by Crippen LogP contribution is -2.35. The molecule has 0 aromatic heterocycles. The van der Waals surface area contributed by atoms with Crippen LogP contribution in [0, 0.1) is 18.3 Å². The number of hydrogen-bond donors (Lipinski definition) is 1. The number of nitrogens with one attached hydrogen (secondary N) is 1. The molecule has 0 bridgehead atoms. The van der Waals surface area contributed by atoms with Crippen molar-refractivity contribution in [2.45, 2.75) is 45.1 Å². The topological polar surface area (TPSA) is 38.3 Å². The standard InChI is InChI=1S/C13H21NO2/c1-3-5-6-7-9-14-13(15)11-8-10-16-12(11)4-2/h1,11-12H,4-10H2,2H3,(H,14,15). The van der Waals surface area contributed by atoms with Gasteiger partial charge >= 0.3 is 0 Å². The molecule has 2 atom stereocenters. The zero-order valence-electron chi connectivity index (χ0n) is 10.00. The maximum absolute atomic E-state index is 11.8. The molecule has 0 saturated carbocycles. The molecule has 1 fully saturated rings. The second-order valence-electron chi connectivity index (χ2n) is 4.16. The monoisotopic (exact) mass is 223 g/mol. The number of rotatable bonds is 6. The van der Waals surface area contributed by atoms with Crippen molar-refractivity contribution in [3.63, 3.8) is 0 Å². The van der Waals surface area contributed by atoms with Gasteiger partial charge in [0.2, 0.25) is 5.91 Å². The van der Waals surface area contributed by atoms with Gasteiger partial charge in [-0.1, -0.05) is 6.92 Å². The summed E-state index contributed by atoms with van der Waals surface area (Å²) in [5.41, 5.74) is 0. The van der Waals surface area contributed by atoms with Gasteiger partial charge < -0.3 is 10.1 Å². The largest absolute Gasteiger partial charge is 0.377 e. The summed E-state index contributed by atoms with van der Waals surface area (Å²) in [6.07, 6.45) is 9.77. The molecule has 1 amide bonds. The molecule has 1 heterocycles. The van der Waals surface area contributed by atoms with E-state index in [0.717, 1.165) is 38.6 Å². The van der Waals surface area contributed by atoms with Gasteiger partial charge in [-0.05, 0) is 25.7 Å². The zero-order chi connectivity index (χ0) is 11.8. The van der Waals surface area contributed by atoms with E-state index in [0.29, 0.717) is 6.61 Å². The Labute approximate surface area is 97.9 Å². The van der Waals surface area contributed by atoms with Crippen LogP contribution in [0.3, 0.4) is 0 Å². The van der Waals surface area contributed by atoms with Gasteiger partial charge in [-0.3, -0.25) is 4.79 Å². The molecule has 0 aliphatic carbocycles. The van der Waals surface area contributed by atoms with E-state index in [9.17, 15) is 4.79 Å². The highest BCUT2D eigenvalue weighted by Crippen LogP contribution is 2.23. The molecule has 3 nitrogen and oxygen atoms in total. The lowest BCUT2D eigenvalue weighted by atomic mass is 9.99. The summed E-state index contributed by atoms with van der Waals surface area (Å²) in [6.45, 7) is 3.50. The van der Waals surface area contributed by atoms with E-state index in [1.165, 1.54) is 0 Å². The van der Waals surface area contributed by atoms with Crippen molar-refractivity contribution < 1.29 is 9.53 Å².